The van der Waals surface area contributed by atoms with Gasteiger partial charge < -0.3 is 14.4 Å². The summed E-state index contributed by atoms with van der Waals surface area (Å²) in [5, 5.41) is 2.42. The minimum atomic E-state index is -0.222. The number of amides is 1. The Kier molecular flexibility index (Phi) is 6.26. The highest BCUT2D eigenvalue weighted by Crippen LogP contribution is 2.41. The first-order valence-electron chi connectivity index (χ1n) is 12.2. The summed E-state index contributed by atoms with van der Waals surface area (Å²) in [6.07, 6.45) is 7.32. The smallest absolute Gasteiger partial charge is 0.251 e. The van der Waals surface area contributed by atoms with Crippen LogP contribution in [0.15, 0.2) is 48.7 Å². The Bertz CT molecular complexity index is 1210. The quantitative estimate of drug-likeness (QED) is 0.488. The highest BCUT2D eigenvalue weighted by atomic mass is 35.5. The molecule has 0 aliphatic carbocycles. The molecule has 3 aliphatic heterocycles. The molecular weight excluding hydrogens is 448 g/mol. The highest BCUT2D eigenvalue weighted by molar-refractivity contribution is 5.88. The molecule has 0 saturated carbocycles. The number of hydrogen-bond donors (Lipinski definition) is 0. The second-order valence-electron chi connectivity index (χ2n) is 9.77. The molecule has 3 aliphatic rings. The van der Waals surface area contributed by atoms with Crippen molar-refractivity contribution >= 4 is 29.1 Å². The number of nitrogens with zero attached hydrogens (tertiary/aromatic N) is 2. The van der Waals surface area contributed by atoms with Crippen LogP contribution in [0.25, 0.3) is 21.9 Å². The molecule has 1 spiro atoms. The van der Waals surface area contributed by atoms with Gasteiger partial charge in [-0.2, -0.15) is 0 Å². The summed E-state index contributed by atoms with van der Waals surface area (Å²) in [7, 11) is 0. The molecule has 0 N–H and O–H groups in total. The average molecular weight is 479 g/mol. The van der Waals surface area contributed by atoms with E-state index in [1.165, 1.54) is 27.5 Å². The monoisotopic (exact) mass is 478 g/mol. The van der Waals surface area contributed by atoms with E-state index in [1.807, 2.05) is 11.1 Å². The van der Waals surface area contributed by atoms with Crippen molar-refractivity contribution in [2.45, 2.75) is 57.2 Å². The molecule has 178 valence electrons. The lowest BCUT2D eigenvalue weighted by Crippen LogP contribution is -2.52. The van der Waals surface area contributed by atoms with E-state index in [2.05, 4.69) is 54.4 Å². The molecule has 1 amide bonds. The Morgan fingerprint density at radius 1 is 1.06 bits per heavy atom. The number of hydrogen-bond acceptors (Lipinski definition) is 4. The van der Waals surface area contributed by atoms with E-state index >= 15 is 0 Å². The van der Waals surface area contributed by atoms with Gasteiger partial charge in [-0.1, -0.05) is 18.2 Å². The number of aryl methyl sites for hydroxylation is 2. The van der Waals surface area contributed by atoms with Gasteiger partial charge in [0, 0.05) is 49.8 Å². The molecule has 4 heterocycles. The molecule has 3 aromatic rings. The van der Waals surface area contributed by atoms with E-state index in [-0.39, 0.29) is 30.0 Å². The van der Waals surface area contributed by atoms with Gasteiger partial charge in [-0.15, -0.1) is 12.4 Å². The van der Waals surface area contributed by atoms with Crippen molar-refractivity contribution in [3.8, 4) is 16.9 Å². The van der Waals surface area contributed by atoms with Crippen molar-refractivity contribution < 1.29 is 14.3 Å². The summed E-state index contributed by atoms with van der Waals surface area (Å²) in [6, 6.07) is 15.3. The van der Waals surface area contributed by atoms with Crippen LogP contribution >= 0.6 is 12.4 Å². The van der Waals surface area contributed by atoms with E-state index in [1.54, 1.807) is 0 Å². The topological polar surface area (TPSA) is 51.7 Å². The number of piperidine rings is 1. The zero-order valence-electron chi connectivity index (χ0n) is 19.6. The van der Waals surface area contributed by atoms with Crippen LogP contribution in [-0.4, -0.2) is 47.2 Å². The minimum Gasteiger partial charge on any atom is -0.487 e. The van der Waals surface area contributed by atoms with Crippen LogP contribution in [0.1, 0.15) is 43.4 Å². The van der Waals surface area contributed by atoms with Crippen LogP contribution in [0.4, 0.5) is 0 Å². The van der Waals surface area contributed by atoms with Crippen molar-refractivity contribution in [1.29, 1.82) is 0 Å². The number of aromatic nitrogens is 1. The Balaban J connectivity index is 0.00000241. The fraction of sp³-hybridized carbons (Fsp3) is 0.429. The number of ether oxygens (including phenoxy) is 2. The molecule has 1 aromatic heterocycles. The maximum Gasteiger partial charge on any atom is 0.251 e. The summed E-state index contributed by atoms with van der Waals surface area (Å²) in [4.78, 5) is 19.1. The maximum atomic E-state index is 12.7. The lowest BCUT2D eigenvalue weighted by molar-refractivity contribution is -0.144. The van der Waals surface area contributed by atoms with Gasteiger partial charge in [0.05, 0.1) is 0 Å². The number of rotatable bonds is 2. The molecule has 0 unspecified atom stereocenters. The molecule has 2 fully saturated rings. The van der Waals surface area contributed by atoms with Gasteiger partial charge in [0.2, 0.25) is 0 Å². The third-order valence-electron chi connectivity index (χ3n) is 7.73. The van der Waals surface area contributed by atoms with Gasteiger partial charge in [0.15, 0.2) is 0 Å². The highest BCUT2D eigenvalue weighted by Gasteiger charge is 2.41. The van der Waals surface area contributed by atoms with Crippen molar-refractivity contribution in [1.82, 2.24) is 9.88 Å². The van der Waals surface area contributed by atoms with Crippen LogP contribution in [-0.2, 0) is 16.0 Å². The van der Waals surface area contributed by atoms with Gasteiger partial charge in [-0.25, -0.2) is 0 Å². The summed E-state index contributed by atoms with van der Waals surface area (Å²) in [5.74, 6) is 1.18. The van der Waals surface area contributed by atoms with Crippen LogP contribution in [0, 0.1) is 6.92 Å². The summed E-state index contributed by atoms with van der Waals surface area (Å²) in [6.45, 7) is 4.29. The fourth-order valence-electron chi connectivity index (χ4n) is 5.67. The van der Waals surface area contributed by atoms with E-state index < -0.39 is 0 Å². The van der Waals surface area contributed by atoms with Gasteiger partial charge in [0.1, 0.15) is 17.5 Å². The number of benzene rings is 2. The van der Waals surface area contributed by atoms with E-state index in [0.29, 0.717) is 6.61 Å². The van der Waals surface area contributed by atoms with Gasteiger partial charge in [0.25, 0.3) is 5.91 Å². The maximum absolute atomic E-state index is 12.7. The third kappa shape index (κ3) is 4.16. The molecule has 5 nitrogen and oxygen atoms in total. The summed E-state index contributed by atoms with van der Waals surface area (Å²) >= 11 is 0. The summed E-state index contributed by atoms with van der Waals surface area (Å²) in [5.41, 5.74) is 4.64. The van der Waals surface area contributed by atoms with Crippen molar-refractivity contribution in [2.24, 2.45) is 0 Å². The van der Waals surface area contributed by atoms with Crippen molar-refractivity contribution in [3.05, 3.63) is 59.9 Å². The zero-order chi connectivity index (χ0) is 22.4. The number of likely N-dealkylation sites (tertiary alicyclic amines) is 1. The number of fused-ring (bicyclic) bond motifs is 2. The SMILES string of the molecule is Cc1nccc2cc(-c3ccc4c(c3)CCC3(CCN(C(=O)[C@H]5CCCO5)CC3)O4)ccc12.Cl. The predicted molar refractivity (Wildman–Crippen MR) is 136 cm³/mol. The second kappa shape index (κ2) is 9.20. The Hall–Kier alpha value is -2.63. The van der Waals surface area contributed by atoms with Crippen LogP contribution in [0.2, 0.25) is 0 Å². The van der Waals surface area contributed by atoms with E-state index in [9.17, 15) is 4.79 Å². The first-order chi connectivity index (χ1) is 16.1. The average Bonchev–Trinajstić information content (AvgIpc) is 3.39. The fourth-order valence-corrected chi connectivity index (χ4v) is 5.67. The molecule has 0 bridgehead atoms. The largest absolute Gasteiger partial charge is 0.487 e. The summed E-state index contributed by atoms with van der Waals surface area (Å²) < 4.78 is 12.2. The lowest BCUT2D eigenvalue weighted by Gasteiger charge is -2.45. The molecule has 1 atom stereocenters. The number of pyridine rings is 1. The van der Waals surface area contributed by atoms with Gasteiger partial charge in [-0.05, 0) is 78.9 Å². The van der Waals surface area contributed by atoms with Crippen molar-refractivity contribution in [2.75, 3.05) is 19.7 Å². The van der Waals surface area contributed by atoms with Crippen LogP contribution < -0.4 is 4.74 Å². The minimum absolute atomic E-state index is 0. The van der Waals surface area contributed by atoms with Crippen LogP contribution in [0.5, 0.6) is 5.75 Å². The van der Waals surface area contributed by atoms with E-state index in [0.717, 1.165) is 63.1 Å². The number of halogens is 1. The molecule has 6 heteroatoms. The first kappa shape index (κ1) is 23.1. The molecule has 2 saturated heterocycles. The lowest BCUT2D eigenvalue weighted by atomic mass is 9.82. The molecule has 2 aromatic carbocycles. The first-order valence-corrected chi connectivity index (χ1v) is 12.2. The van der Waals surface area contributed by atoms with Gasteiger partial charge >= 0.3 is 0 Å². The number of carbonyl (C=O) groups is 1. The Morgan fingerprint density at radius 2 is 1.85 bits per heavy atom. The van der Waals surface area contributed by atoms with Crippen LogP contribution in [0.3, 0.4) is 0 Å². The Labute approximate surface area is 206 Å². The number of carbonyl (C=O) groups excluding carboxylic acids is 1. The Morgan fingerprint density at radius 3 is 2.65 bits per heavy atom. The molecule has 6 rings (SSSR count). The van der Waals surface area contributed by atoms with E-state index in [4.69, 9.17) is 9.47 Å². The molecule has 34 heavy (non-hydrogen) atoms. The standard InChI is InChI=1S/C28H30N2O3.ClH/c1-19-24-6-4-20(17-22(24)9-13-29-19)21-5-7-25-23(18-21)8-10-28(33-25)11-14-30(15-12-28)27(31)26-3-2-16-32-26;/h4-7,9,13,17-18,26H,2-3,8,10-12,14-16H2,1H3;1H/t26-;/m1./s1. The second-order valence-corrected chi connectivity index (χ2v) is 9.77. The normalized spacial score (nSPS) is 21.1. The van der Waals surface area contributed by atoms with Crippen molar-refractivity contribution in [3.63, 3.8) is 0 Å². The third-order valence-corrected chi connectivity index (χ3v) is 7.73. The molecular formula is C28H31ClN2O3. The molecule has 0 radical (unpaired) electrons. The predicted octanol–water partition coefficient (Wildman–Crippen LogP) is 5.50. The van der Waals surface area contributed by atoms with Gasteiger partial charge in [-0.3, -0.25) is 9.78 Å². The zero-order valence-corrected chi connectivity index (χ0v) is 20.4.